The lowest BCUT2D eigenvalue weighted by Gasteiger charge is -2.11. The minimum Gasteiger partial charge on any atom is -0.321 e. The molecule has 0 radical (unpaired) electrons. The predicted octanol–water partition coefficient (Wildman–Crippen LogP) is 3.49. The van der Waals surface area contributed by atoms with Gasteiger partial charge in [-0.3, -0.25) is 14.6 Å². The molecule has 5 heteroatoms. The van der Waals surface area contributed by atoms with Crippen molar-refractivity contribution < 1.29 is 9.59 Å². The zero-order chi connectivity index (χ0) is 18.2. The van der Waals surface area contributed by atoms with Crippen molar-refractivity contribution in [1.82, 2.24) is 10.3 Å². The Hall–Kier alpha value is -3.73. The van der Waals surface area contributed by atoms with E-state index in [2.05, 4.69) is 15.6 Å². The Bertz CT molecular complexity index is 908. The van der Waals surface area contributed by atoms with Crippen LogP contribution >= 0.6 is 0 Å². The van der Waals surface area contributed by atoms with Crippen molar-refractivity contribution in [3.8, 4) is 0 Å². The smallest absolute Gasteiger partial charge is 0.272 e. The number of pyridine rings is 1. The number of para-hydroxylation sites is 1. The number of amides is 2. The second-order valence-electron chi connectivity index (χ2n) is 5.48. The van der Waals surface area contributed by atoms with E-state index < -0.39 is 5.91 Å². The van der Waals surface area contributed by atoms with Crippen LogP contribution in [0.5, 0.6) is 0 Å². The molecule has 2 N–H and O–H groups in total. The molecule has 0 aliphatic heterocycles. The molecule has 0 aliphatic rings. The number of nitrogens with one attached hydrogen (secondary N) is 2. The summed E-state index contributed by atoms with van der Waals surface area (Å²) < 4.78 is 0. The van der Waals surface area contributed by atoms with E-state index >= 15 is 0 Å². The minimum absolute atomic E-state index is 0.147. The molecule has 0 aliphatic carbocycles. The molecule has 128 valence electrons. The van der Waals surface area contributed by atoms with Gasteiger partial charge in [-0.25, -0.2) is 0 Å². The average Bonchev–Trinajstić information content (AvgIpc) is 2.69. The maximum absolute atomic E-state index is 12.7. The first-order chi connectivity index (χ1) is 12.7. The van der Waals surface area contributed by atoms with Crippen molar-refractivity contribution >= 4 is 23.6 Å². The monoisotopic (exact) mass is 343 g/mol. The van der Waals surface area contributed by atoms with E-state index in [1.54, 1.807) is 67.0 Å². The van der Waals surface area contributed by atoms with Crippen molar-refractivity contribution in [3.63, 3.8) is 0 Å². The highest BCUT2D eigenvalue weighted by atomic mass is 16.2. The molecule has 26 heavy (non-hydrogen) atoms. The van der Waals surface area contributed by atoms with Crippen molar-refractivity contribution in [3.05, 3.63) is 102 Å². The summed E-state index contributed by atoms with van der Waals surface area (Å²) in [6, 6.07) is 21.3. The third-order valence-electron chi connectivity index (χ3n) is 3.58. The molecule has 0 atom stereocenters. The third kappa shape index (κ3) is 4.64. The summed E-state index contributed by atoms with van der Waals surface area (Å²) in [6.45, 7) is 0. The topological polar surface area (TPSA) is 71.1 Å². The van der Waals surface area contributed by atoms with E-state index in [4.69, 9.17) is 0 Å². The van der Waals surface area contributed by atoms with Gasteiger partial charge in [0.1, 0.15) is 5.70 Å². The quantitative estimate of drug-likeness (QED) is 0.697. The van der Waals surface area contributed by atoms with Crippen LogP contribution in [-0.4, -0.2) is 16.8 Å². The van der Waals surface area contributed by atoms with Gasteiger partial charge in [0, 0.05) is 23.6 Å². The zero-order valence-corrected chi connectivity index (χ0v) is 13.9. The molecular formula is C21H17N3O2. The number of carbonyl (C=O) groups excluding carboxylic acids is 2. The van der Waals surface area contributed by atoms with E-state index in [0.717, 1.165) is 5.56 Å². The van der Waals surface area contributed by atoms with Crippen molar-refractivity contribution in [1.29, 1.82) is 0 Å². The van der Waals surface area contributed by atoms with Gasteiger partial charge in [-0.15, -0.1) is 0 Å². The molecule has 5 nitrogen and oxygen atoms in total. The predicted molar refractivity (Wildman–Crippen MR) is 101 cm³/mol. The summed E-state index contributed by atoms with van der Waals surface area (Å²) in [6.07, 6.45) is 4.86. The molecule has 0 spiro atoms. The van der Waals surface area contributed by atoms with Gasteiger partial charge in [0.15, 0.2) is 0 Å². The van der Waals surface area contributed by atoms with Crippen LogP contribution in [0.3, 0.4) is 0 Å². The average molecular weight is 343 g/mol. The van der Waals surface area contributed by atoms with Gasteiger partial charge in [0.05, 0.1) is 0 Å². The molecule has 3 rings (SSSR count). The van der Waals surface area contributed by atoms with Gasteiger partial charge in [-0.1, -0.05) is 36.4 Å². The van der Waals surface area contributed by atoms with Crippen LogP contribution < -0.4 is 10.6 Å². The first kappa shape index (κ1) is 17.1. The molecule has 0 bridgehead atoms. The zero-order valence-electron chi connectivity index (χ0n) is 13.9. The van der Waals surface area contributed by atoms with Crippen molar-refractivity contribution in [2.75, 3.05) is 5.32 Å². The molecule has 0 saturated heterocycles. The summed E-state index contributed by atoms with van der Waals surface area (Å²) in [4.78, 5) is 29.1. The summed E-state index contributed by atoms with van der Waals surface area (Å²) in [7, 11) is 0. The number of aromatic nitrogens is 1. The minimum atomic E-state index is -0.405. The molecule has 1 heterocycles. The van der Waals surface area contributed by atoms with Gasteiger partial charge < -0.3 is 10.6 Å². The lowest BCUT2D eigenvalue weighted by molar-refractivity contribution is -0.113. The normalized spacial score (nSPS) is 10.8. The highest BCUT2D eigenvalue weighted by Gasteiger charge is 2.14. The summed E-state index contributed by atoms with van der Waals surface area (Å²) in [5, 5.41) is 5.47. The van der Waals surface area contributed by atoms with Gasteiger partial charge in [0.2, 0.25) is 0 Å². The van der Waals surface area contributed by atoms with Crippen molar-refractivity contribution in [2.24, 2.45) is 0 Å². The maximum Gasteiger partial charge on any atom is 0.272 e. The number of hydrogen-bond acceptors (Lipinski definition) is 3. The first-order valence-electron chi connectivity index (χ1n) is 8.07. The highest BCUT2D eigenvalue weighted by Crippen LogP contribution is 2.10. The Morgan fingerprint density at radius 1 is 0.808 bits per heavy atom. The van der Waals surface area contributed by atoms with E-state index in [9.17, 15) is 9.59 Å². The number of benzene rings is 2. The maximum atomic E-state index is 12.7. The third-order valence-corrected chi connectivity index (χ3v) is 3.58. The summed E-state index contributed by atoms with van der Waals surface area (Å²) in [5.41, 5.74) is 2.02. The second-order valence-corrected chi connectivity index (χ2v) is 5.48. The van der Waals surface area contributed by atoms with E-state index in [1.165, 1.54) is 0 Å². The fourth-order valence-corrected chi connectivity index (χ4v) is 2.29. The Balaban J connectivity index is 1.85. The molecule has 2 aromatic carbocycles. The summed E-state index contributed by atoms with van der Waals surface area (Å²) in [5.74, 6) is -0.758. The van der Waals surface area contributed by atoms with Crippen LogP contribution in [0.2, 0.25) is 0 Å². The Kier molecular flexibility index (Phi) is 5.52. The molecule has 0 saturated carbocycles. The number of hydrogen-bond donors (Lipinski definition) is 2. The lowest BCUT2D eigenvalue weighted by atomic mass is 10.2. The highest BCUT2D eigenvalue weighted by molar-refractivity contribution is 6.10. The van der Waals surface area contributed by atoms with Crippen LogP contribution in [0.25, 0.3) is 6.08 Å². The molecule has 0 unspecified atom stereocenters. The van der Waals surface area contributed by atoms with Gasteiger partial charge >= 0.3 is 0 Å². The molecule has 0 fully saturated rings. The molecule has 3 aromatic rings. The van der Waals surface area contributed by atoms with E-state index in [-0.39, 0.29) is 11.6 Å². The SMILES string of the molecule is O=C(Nc1ccccc1)/C(=C/c1ccncc1)NC(=O)c1ccccc1. The Labute approximate surface area is 151 Å². The van der Waals surface area contributed by atoms with Crippen LogP contribution in [0.4, 0.5) is 5.69 Å². The molecule has 2 amide bonds. The largest absolute Gasteiger partial charge is 0.321 e. The van der Waals surface area contributed by atoms with Crippen LogP contribution in [0.15, 0.2) is 90.9 Å². The number of rotatable bonds is 5. The van der Waals surface area contributed by atoms with E-state index in [1.807, 2.05) is 24.3 Å². The second kappa shape index (κ2) is 8.39. The standard InChI is InChI=1S/C21H17N3O2/c25-20(17-7-3-1-4-8-17)24-19(15-16-11-13-22-14-12-16)21(26)23-18-9-5-2-6-10-18/h1-15H,(H,23,26)(H,24,25)/b19-15-. The van der Waals surface area contributed by atoms with Crippen LogP contribution in [0, 0.1) is 0 Å². The fraction of sp³-hybridized carbons (Fsp3) is 0. The van der Waals surface area contributed by atoms with Gasteiger partial charge in [-0.05, 0) is 48.0 Å². The van der Waals surface area contributed by atoms with E-state index in [0.29, 0.717) is 11.3 Å². The van der Waals surface area contributed by atoms with Crippen LogP contribution in [0.1, 0.15) is 15.9 Å². The Morgan fingerprint density at radius 2 is 1.42 bits per heavy atom. The number of anilines is 1. The first-order valence-corrected chi connectivity index (χ1v) is 8.07. The van der Waals surface area contributed by atoms with Gasteiger partial charge in [-0.2, -0.15) is 0 Å². The summed E-state index contributed by atoms with van der Waals surface area (Å²) >= 11 is 0. The number of nitrogens with zero attached hydrogens (tertiary/aromatic N) is 1. The number of carbonyl (C=O) groups is 2. The Morgan fingerprint density at radius 3 is 2.08 bits per heavy atom. The van der Waals surface area contributed by atoms with Crippen LogP contribution in [-0.2, 0) is 4.79 Å². The lowest BCUT2D eigenvalue weighted by Crippen LogP contribution is -2.30. The molecular weight excluding hydrogens is 326 g/mol. The van der Waals surface area contributed by atoms with Crippen molar-refractivity contribution in [2.45, 2.75) is 0 Å². The fourth-order valence-electron chi connectivity index (χ4n) is 2.29. The molecule has 1 aromatic heterocycles. The van der Waals surface area contributed by atoms with Gasteiger partial charge in [0.25, 0.3) is 11.8 Å².